The van der Waals surface area contributed by atoms with Gasteiger partial charge in [-0.05, 0) is 45.8 Å². The summed E-state index contributed by atoms with van der Waals surface area (Å²) >= 11 is 3.43. The molecule has 0 aromatic heterocycles. The first kappa shape index (κ1) is 11.7. The SMILES string of the molecule is N#CCc1cccc(Oc2ccccc2Br)c1. The van der Waals surface area contributed by atoms with Gasteiger partial charge in [0.1, 0.15) is 11.5 Å². The Hall–Kier alpha value is -1.79. The second kappa shape index (κ2) is 5.51. The molecule has 17 heavy (non-hydrogen) atoms. The summed E-state index contributed by atoms with van der Waals surface area (Å²) in [6.07, 6.45) is 0.396. The summed E-state index contributed by atoms with van der Waals surface area (Å²) in [5.41, 5.74) is 0.956. The zero-order valence-corrected chi connectivity index (χ0v) is 10.6. The Morgan fingerprint density at radius 1 is 1.12 bits per heavy atom. The van der Waals surface area contributed by atoms with Gasteiger partial charge in [-0.2, -0.15) is 5.26 Å². The third kappa shape index (κ3) is 3.08. The molecule has 0 aliphatic rings. The molecule has 2 aromatic carbocycles. The Balaban J connectivity index is 2.22. The van der Waals surface area contributed by atoms with Crippen LogP contribution in [0.5, 0.6) is 11.5 Å². The molecule has 0 aliphatic carbocycles. The van der Waals surface area contributed by atoms with E-state index in [0.717, 1.165) is 21.5 Å². The molecule has 0 aliphatic heterocycles. The number of hydrogen-bond acceptors (Lipinski definition) is 2. The van der Waals surface area contributed by atoms with Crippen molar-refractivity contribution in [2.24, 2.45) is 0 Å². The molecule has 0 fully saturated rings. The van der Waals surface area contributed by atoms with E-state index in [0.29, 0.717) is 6.42 Å². The highest BCUT2D eigenvalue weighted by Crippen LogP contribution is 2.29. The summed E-state index contributed by atoms with van der Waals surface area (Å²) < 4.78 is 6.65. The maximum Gasteiger partial charge on any atom is 0.141 e. The molecule has 0 bridgehead atoms. The van der Waals surface area contributed by atoms with Crippen LogP contribution in [-0.4, -0.2) is 0 Å². The van der Waals surface area contributed by atoms with Gasteiger partial charge in [-0.1, -0.05) is 24.3 Å². The van der Waals surface area contributed by atoms with Gasteiger partial charge < -0.3 is 4.74 Å². The highest BCUT2D eigenvalue weighted by molar-refractivity contribution is 9.10. The summed E-state index contributed by atoms with van der Waals surface area (Å²) in [5, 5.41) is 8.65. The van der Waals surface area contributed by atoms with Gasteiger partial charge in [0.15, 0.2) is 0 Å². The van der Waals surface area contributed by atoms with Crippen molar-refractivity contribution in [3.8, 4) is 17.6 Å². The monoisotopic (exact) mass is 287 g/mol. The lowest BCUT2D eigenvalue weighted by atomic mass is 10.1. The fourth-order valence-electron chi connectivity index (χ4n) is 1.46. The molecular formula is C14H10BrNO. The van der Waals surface area contributed by atoms with Crippen molar-refractivity contribution in [3.05, 3.63) is 58.6 Å². The van der Waals surface area contributed by atoms with E-state index in [1.54, 1.807) is 0 Å². The van der Waals surface area contributed by atoms with Crippen molar-refractivity contribution >= 4 is 15.9 Å². The van der Waals surface area contributed by atoms with Crippen LogP contribution < -0.4 is 4.74 Å². The highest BCUT2D eigenvalue weighted by Gasteiger charge is 2.02. The highest BCUT2D eigenvalue weighted by atomic mass is 79.9. The number of hydrogen-bond donors (Lipinski definition) is 0. The van der Waals surface area contributed by atoms with Crippen LogP contribution in [0.15, 0.2) is 53.0 Å². The Morgan fingerprint density at radius 2 is 1.94 bits per heavy atom. The maximum atomic E-state index is 8.65. The molecule has 0 saturated heterocycles. The average Bonchev–Trinajstić information content (AvgIpc) is 2.33. The quantitative estimate of drug-likeness (QED) is 0.843. The van der Waals surface area contributed by atoms with E-state index >= 15 is 0 Å². The summed E-state index contributed by atoms with van der Waals surface area (Å²) in [5.74, 6) is 1.51. The molecule has 0 heterocycles. The van der Waals surface area contributed by atoms with E-state index in [2.05, 4.69) is 22.0 Å². The molecule has 3 heteroatoms. The Labute approximate surface area is 109 Å². The molecular weight excluding hydrogens is 278 g/mol. The second-order valence-electron chi connectivity index (χ2n) is 3.51. The molecule has 2 aromatic rings. The number of para-hydroxylation sites is 1. The van der Waals surface area contributed by atoms with Gasteiger partial charge >= 0.3 is 0 Å². The van der Waals surface area contributed by atoms with Crippen LogP contribution in [-0.2, 0) is 6.42 Å². The summed E-state index contributed by atoms with van der Waals surface area (Å²) in [6, 6.07) is 17.3. The number of rotatable bonds is 3. The minimum Gasteiger partial charge on any atom is -0.456 e. The molecule has 0 spiro atoms. The number of nitriles is 1. The molecule has 2 nitrogen and oxygen atoms in total. The Bertz CT molecular complexity index is 560. The van der Waals surface area contributed by atoms with Crippen LogP contribution in [0, 0.1) is 11.3 Å². The maximum absolute atomic E-state index is 8.65. The van der Waals surface area contributed by atoms with Crippen molar-refractivity contribution in [3.63, 3.8) is 0 Å². The molecule has 84 valence electrons. The Morgan fingerprint density at radius 3 is 2.71 bits per heavy atom. The van der Waals surface area contributed by atoms with Gasteiger partial charge in [-0.25, -0.2) is 0 Å². The van der Waals surface area contributed by atoms with Crippen LogP contribution in [0.4, 0.5) is 0 Å². The summed E-state index contributed by atoms with van der Waals surface area (Å²) in [6.45, 7) is 0. The Kier molecular flexibility index (Phi) is 3.79. The third-order valence-corrected chi connectivity index (χ3v) is 2.90. The average molecular weight is 288 g/mol. The molecule has 2 rings (SSSR count). The van der Waals surface area contributed by atoms with Gasteiger partial charge in [0, 0.05) is 0 Å². The first-order valence-corrected chi connectivity index (χ1v) is 5.97. The zero-order chi connectivity index (χ0) is 12.1. The van der Waals surface area contributed by atoms with Crippen LogP contribution in [0.3, 0.4) is 0 Å². The topological polar surface area (TPSA) is 33.0 Å². The molecule has 0 unspecified atom stereocenters. The molecule has 0 atom stereocenters. The van der Waals surface area contributed by atoms with E-state index in [-0.39, 0.29) is 0 Å². The van der Waals surface area contributed by atoms with Crippen LogP contribution >= 0.6 is 15.9 Å². The van der Waals surface area contributed by atoms with Crippen molar-refractivity contribution in [2.45, 2.75) is 6.42 Å². The number of nitrogens with zero attached hydrogens (tertiary/aromatic N) is 1. The van der Waals surface area contributed by atoms with Gasteiger partial charge in [-0.3, -0.25) is 0 Å². The van der Waals surface area contributed by atoms with Crippen molar-refractivity contribution in [1.29, 1.82) is 5.26 Å². The van der Waals surface area contributed by atoms with Gasteiger partial charge in [0.25, 0.3) is 0 Å². The predicted octanol–water partition coefficient (Wildman–Crippen LogP) is 4.31. The minimum atomic E-state index is 0.396. The summed E-state index contributed by atoms with van der Waals surface area (Å²) in [7, 11) is 0. The predicted molar refractivity (Wildman–Crippen MR) is 70.0 cm³/mol. The van der Waals surface area contributed by atoms with Crippen LogP contribution in [0.1, 0.15) is 5.56 Å². The van der Waals surface area contributed by atoms with Crippen molar-refractivity contribution in [1.82, 2.24) is 0 Å². The van der Waals surface area contributed by atoms with Gasteiger partial charge in [0.2, 0.25) is 0 Å². The van der Waals surface area contributed by atoms with Crippen molar-refractivity contribution in [2.75, 3.05) is 0 Å². The molecule has 0 N–H and O–H groups in total. The smallest absolute Gasteiger partial charge is 0.141 e. The number of halogens is 1. The fourth-order valence-corrected chi connectivity index (χ4v) is 1.83. The zero-order valence-electron chi connectivity index (χ0n) is 9.06. The largest absolute Gasteiger partial charge is 0.456 e. The van der Waals surface area contributed by atoms with E-state index in [1.807, 2.05) is 48.5 Å². The van der Waals surface area contributed by atoms with E-state index in [4.69, 9.17) is 10.00 Å². The second-order valence-corrected chi connectivity index (χ2v) is 4.37. The number of ether oxygens (including phenoxy) is 1. The lowest BCUT2D eigenvalue weighted by molar-refractivity contribution is 0.479. The van der Waals surface area contributed by atoms with Crippen molar-refractivity contribution < 1.29 is 4.74 Å². The third-order valence-electron chi connectivity index (χ3n) is 2.25. The number of benzene rings is 2. The van der Waals surface area contributed by atoms with E-state index in [9.17, 15) is 0 Å². The van der Waals surface area contributed by atoms with Gasteiger partial charge in [0.05, 0.1) is 17.0 Å². The standard InChI is InChI=1S/C14H10BrNO/c15-13-6-1-2-7-14(13)17-12-5-3-4-11(10-12)8-9-16/h1-7,10H,8H2. The summed E-state index contributed by atoms with van der Waals surface area (Å²) in [4.78, 5) is 0. The van der Waals surface area contributed by atoms with Crippen LogP contribution in [0.25, 0.3) is 0 Å². The van der Waals surface area contributed by atoms with Gasteiger partial charge in [-0.15, -0.1) is 0 Å². The normalized spacial score (nSPS) is 9.65. The first-order valence-electron chi connectivity index (χ1n) is 5.18. The van der Waals surface area contributed by atoms with E-state index in [1.165, 1.54) is 0 Å². The molecule has 0 saturated carbocycles. The lowest BCUT2D eigenvalue weighted by Crippen LogP contribution is -1.87. The minimum absolute atomic E-state index is 0.396. The van der Waals surface area contributed by atoms with E-state index < -0.39 is 0 Å². The molecule has 0 radical (unpaired) electrons. The fraction of sp³-hybridized carbons (Fsp3) is 0.0714. The van der Waals surface area contributed by atoms with Crippen LogP contribution in [0.2, 0.25) is 0 Å². The first-order chi connectivity index (χ1) is 8.29. The molecule has 0 amide bonds. The lowest BCUT2D eigenvalue weighted by Gasteiger charge is -2.08.